The predicted octanol–water partition coefficient (Wildman–Crippen LogP) is 4.64. The Bertz CT molecular complexity index is 1150. The summed E-state index contributed by atoms with van der Waals surface area (Å²) in [6, 6.07) is 19.4. The normalized spacial score (nSPS) is 10.8. The van der Waals surface area contributed by atoms with Crippen molar-refractivity contribution in [2.24, 2.45) is 0 Å². The zero-order valence-electron chi connectivity index (χ0n) is 15.8. The fourth-order valence-electron chi connectivity index (χ4n) is 3.03. The van der Waals surface area contributed by atoms with Gasteiger partial charge in [0.2, 0.25) is 0 Å². The molecule has 0 fully saturated rings. The van der Waals surface area contributed by atoms with Crippen molar-refractivity contribution in [3.8, 4) is 17.0 Å². The zero-order chi connectivity index (χ0) is 19.5. The van der Waals surface area contributed by atoms with E-state index >= 15 is 0 Å². The largest absolute Gasteiger partial charge is 0.484 e. The Hall–Kier alpha value is -3.60. The topological polar surface area (TPSA) is 55.6 Å². The van der Waals surface area contributed by atoms with E-state index in [2.05, 4.69) is 10.3 Å². The second-order valence-corrected chi connectivity index (χ2v) is 6.83. The highest BCUT2D eigenvalue weighted by atomic mass is 16.5. The number of hydrogen-bond acceptors (Lipinski definition) is 3. The third-order valence-corrected chi connectivity index (χ3v) is 4.42. The highest BCUT2D eigenvalue weighted by Gasteiger charge is 2.08. The first kappa shape index (κ1) is 17.8. The highest BCUT2D eigenvalue weighted by Crippen LogP contribution is 2.23. The van der Waals surface area contributed by atoms with Gasteiger partial charge in [-0.05, 0) is 61.4 Å². The molecule has 0 radical (unpaired) electrons. The quantitative estimate of drug-likeness (QED) is 0.556. The van der Waals surface area contributed by atoms with E-state index in [4.69, 9.17) is 4.74 Å². The van der Waals surface area contributed by atoms with Crippen molar-refractivity contribution in [1.29, 1.82) is 0 Å². The molecular formula is C23H21N3O2. The van der Waals surface area contributed by atoms with Crippen LogP contribution in [0.1, 0.15) is 11.1 Å². The number of nitrogens with zero attached hydrogens (tertiary/aromatic N) is 2. The maximum atomic E-state index is 12.2. The Labute approximate surface area is 163 Å². The summed E-state index contributed by atoms with van der Waals surface area (Å²) in [4.78, 5) is 16.9. The smallest absolute Gasteiger partial charge is 0.262 e. The Balaban J connectivity index is 1.46. The summed E-state index contributed by atoms with van der Waals surface area (Å²) in [6.07, 6.45) is 3.98. The molecule has 4 rings (SSSR count). The molecule has 2 aromatic carbocycles. The number of imidazole rings is 1. The number of aryl methyl sites for hydroxylation is 2. The van der Waals surface area contributed by atoms with Crippen LogP contribution in [0, 0.1) is 13.8 Å². The average molecular weight is 371 g/mol. The molecule has 0 saturated heterocycles. The lowest BCUT2D eigenvalue weighted by molar-refractivity contribution is -0.118. The minimum atomic E-state index is -0.204. The van der Waals surface area contributed by atoms with Crippen LogP contribution in [0.3, 0.4) is 0 Å². The number of aromatic nitrogens is 2. The van der Waals surface area contributed by atoms with E-state index in [9.17, 15) is 4.79 Å². The number of rotatable bonds is 5. The molecule has 0 aliphatic heterocycles. The van der Waals surface area contributed by atoms with Gasteiger partial charge in [-0.3, -0.25) is 4.79 Å². The molecule has 5 nitrogen and oxygen atoms in total. The van der Waals surface area contributed by atoms with Gasteiger partial charge in [0.25, 0.3) is 5.91 Å². The van der Waals surface area contributed by atoms with Gasteiger partial charge in [-0.15, -0.1) is 0 Å². The summed E-state index contributed by atoms with van der Waals surface area (Å²) in [5.41, 5.74) is 5.67. The van der Waals surface area contributed by atoms with Gasteiger partial charge in [0, 0.05) is 23.6 Å². The lowest BCUT2D eigenvalue weighted by Crippen LogP contribution is -2.20. The summed E-state index contributed by atoms with van der Waals surface area (Å²) in [5, 5.41) is 2.88. The lowest BCUT2D eigenvalue weighted by Gasteiger charge is -2.09. The third-order valence-electron chi connectivity index (χ3n) is 4.42. The van der Waals surface area contributed by atoms with Gasteiger partial charge in [-0.2, -0.15) is 0 Å². The molecule has 0 saturated carbocycles. The monoisotopic (exact) mass is 371 g/mol. The molecule has 0 aliphatic carbocycles. The standard InChI is InChI=1S/C23H21N3O2/c1-16-5-3-8-20(11-16)28-15-23(27)24-19-7-4-6-18(13-19)21-14-26-10-9-17(2)12-22(26)25-21/h3-14H,15H2,1-2H3,(H,24,27). The molecule has 4 aromatic rings. The third kappa shape index (κ3) is 4.04. The number of carbonyl (C=O) groups excluding carboxylic acids is 1. The second-order valence-electron chi connectivity index (χ2n) is 6.83. The molecule has 140 valence electrons. The van der Waals surface area contributed by atoms with Crippen LogP contribution in [-0.2, 0) is 4.79 Å². The second kappa shape index (κ2) is 7.56. The van der Waals surface area contributed by atoms with Crippen molar-refractivity contribution in [1.82, 2.24) is 9.38 Å². The van der Waals surface area contributed by atoms with Gasteiger partial charge < -0.3 is 14.5 Å². The van der Waals surface area contributed by atoms with E-state index in [1.54, 1.807) is 0 Å². The summed E-state index contributed by atoms with van der Waals surface area (Å²) in [6.45, 7) is 3.99. The molecule has 0 aliphatic rings. The van der Waals surface area contributed by atoms with Gasteiger partial charge in [0.1, 0.15) is 11.4 Å². The zero-order valence-corrected chi connectivity index (χ0v) is 15.8. The van der Waals surface area contributed by atoms with Crippen LogP contribution < -0.4 is 10.1 Å². The Morgan fingerprint density at radius 1 is 1.04 bits per heavy atom. The van der Waals surface area contributed by atoms with E-state index in [1.165, 1.54) is 5.56 Å². The Kier molecular flexibility index (Phi) is 4.81. The van der Waals surface area contributed by atoms with Crippen molar-refractivity contribution in [2.45, 2.75) is 13.8 Å². The van der Waals surface area contributed by atoms with Gasteiger partial charge in [0.05, 0.1) is 5.69 Å². The number of anilines is 1. The number of nitrogens with one attached hydrogen (secondary N) is 1. The summed E-state index contributed by atoms with van der Waals surface area (Å²) in [7, 11) is 0. The minimum Gasteiger partial charge on any atom is -0.484 e. The minimum absolute atomic E-state index is 0.0404. The van der Waals surface area contributed by atoms with Crippen molar-refractivity contribution in [2.75, 3.05) is 11.9 Å². The fourth-order valence-corrected chi connectivity index (χ4v) is 3.03. The summed E-state index contributed by atoms with van der Waals surface area (Å²) >= 11 is 0. The molecule has 5 heteroatoms. The molecule has 2 aromatic heterocycles. The first-order chi connectivity index (χ1) is 13.6. The molecule has 2 heterocycles. The van der Waals surface area contributed by atoms with E-state index in [-0.39, 0.29) is 12.5 Å². The van der Waals surface area contributed by atoms with Crippen molar-refractivity contribution < 1.29 is 9.53 Å². The number of hydrogen-bond donors (Lipinski definition) is 1. The summed E-state index contributed by atoms with van der Waals surface area (Å²) in [5.74, 6) is 0.480. The number of amides is 1. The Morgan fingerprint density at radius 3 is 2.71 bits per heavy atom. The van der Waals surface area contributed by atoms with Crippen molar-refractivity contribution in [3.05, 3.63) is 84.2 Å². The molecule has 0 unspecified atom stereocenters. The van der Waals surface area contributed by atoms with Gasteiger partial charge in [-0.25, -0.2) is 4.98 Å². The van der Waals surface area contributed by atoms with Gasteiger partial charge >= 0.3 is 0 Å². The molecule has 28 heavy (non-hydrogen) atoms. The number of carbonyl (C=O) groups is 1. The van der Waals surface area contributed by atoms with Crippen LogP contribution in [0.4, 0.5) is 5.69 Å². The van der Waals surface area contributed by atoms with Crippen molar-refractivity contribution >= 4 is 17.2 Å². The maximum Gasteiger partial charge on any atom is 0.262 e. The molecule has 1 N–H and O–H groups in total. The first-order valence-corrected chi connectivity index (χ1v) is 9.12. The molecule has 0 spiro atoms. The van der Waals surface area contributed by atoms with E-state index in [0.717, 1.165) is 22.5 Å². The summed E-state index contributed by atoms with van der Waals surface area (Å²) < 4.78 is 7.55. The number of ether oxygens (including phenoxy) is 1. The van der Waals surface area contributed by atoms with Crippen LogP contribution in [0.25, 0.3) is 16.9 Å². The fraction of sp³-hybridized carbons (Fsp3) is 0.130. The van der Waals surface area contributed by atoms with Crippen LogP contribution in [0.2, 0.25) is 0 Å². The maximum absolute atomic E-state index is 12.2. The molecular weight excluding hydrogens is 350 g/mol. The van der Waals surface area contributed by atoms with Crippen molar-refractivity contribution in [3.63, 3.8) is 0 Å². The molecule has 0 bridgehead atoms. The predicted molar refractivity (Wildman–Crippen MR) is 111 cm³/mol. The van der Waals surface area contributed by atoms with Crippen LogP contribution in [0.5, 0.6) is 5.75 Å². The number of benzene rings is 2. The molecule has 1 amide bonds. The highest BCUT2D eigenvalue weighted by molar-refractivity contribution is 5.92. The van der Waals surface area contributed by atoms with Crippen LogP contribution in [-0.4, -0.2) is 21.9 Å². The lowest BCUT2D eigenvalue weighted by atomic mass is 10.1. The van der Waals surface area contributed by atoms with Crippen LogP contribution in [0.15, 0.2) is 73.1 Å². The van der Waals surface area contributed by atoms with Gasteiger partial charge in [-0.1, -0.05) is 24.3 Å². The Morgan fingerprint density at radius 2 is 1.86 bits per heavy atom. The van der Waals surface area contributed by atoms with Gasteiger partial charge in [0.15, 0.2) is 6.61 Å². The van der Waals surface area contributed by atoms with E-state index in [0.29, 0.717) is 11.4 Å². The van der Waals surface area contributed by atoms with E-state index < -0.39 is 0 Å². The first-order valence-electron chi connectivity index (χ1n) is 9.12. The average Bonchev–Trinajstić information content (AvgIpc) is 3.10. The van der Waals surface area contributed by atoms with E-state index in [1.807, 2.05) is 91.3 Å². The van der Waals surface area contributed by atoms with Crippen LogP contribution >= 0.6 is 0 Å². The SMILES string of the molecule is Cc1cccc(OCC(=O)Nc2cccc(-c3cn4ccc(C)cc4n3)c2)c1. The molecule has 0 atom stereocenters. The number of fused-ring (bicyclic) bond motifs is 1. The number of pyridine rings is 1.